The third-order valence-corrected chi connectivity index (χ3v) is 2.76. The lowest BCUT2D eigenvalue weighted by Gasteiger charge is -2.16. The van der Waals surface area contributed by atoms with E-state index in [-0.39, 0.29) is 0 Å². The molecular weight excluding hydrogens is 150 g/mol. The number of nitrogens with zero attached hydrogens (tertiary/aromatic N) is 2. The molecule has 3 rings (SSSR count). The number of imidazole rings is 1. The van der Waals surface area contributed by atoms with E-state index in [1.165, 1.54) is 24.2 Å². The molecule has 0 saturated heterocycles. The van der Waals surface area contributed by atoms with Gasteiger partial charge in [-0.25, -0.2) is 4.98 Å². The molecule has 1 N–H and O–H groups in total. The lowest BCUT2D eigenvalue weighted by atomic mass is 10.2. The van der Waals surface area contributed by atoms with Crippen LogP contribution in [0.15, 0.2) is 6.33 Å². The first-order chi connectivity index (χ1) is 5.95. The summed E-state index contributed by atoms with van der Waals surface area (Å²) in [4.78, 5) is 4.48. The molecule has 3 nitrogen and oxygen atoms in total. The molecule has 1 aliphatic carbocycles. The molecule has 1 aliphatic heterocycles. The Morgan fingerprint density at radius 2 is 2.42 bits per heavy atom. The summed E-state index contributed by atoms with van der Waals surface area (Å²) in [5.41, 5.74) is 2.80. The van der Waals surface area contributed by atoms with Crippen molar-refractivity contribution in [1.29, 1.82) is 0 Å². The van der Waals surface area contributed by atoms with Gasteiger partial charge in [-0.05, 0) is 12.8 Å². The summed E-state index contributed by atoms with van der Waals surface area (Å²) in [5, 5.41) is 3.39. The normalized spacial score (nSPS) is 22.3. The van der Waals surface area contributed by atoms with Crippen LogP contribution < -0.4 is 5.32 Å². The van der Waals surface area contributed by atoms with Crippen molar-refractivity contribution >= 4 is 0 Å². The maximum Gasteiger partial charge on any atom is 0.0952 e. The minimum atomic E-state index is 0.793. The predicted octanol–water partition coefficient (Wildman–Crippen LogP) is 0.864. The lowest BCUT2D eigenvalue weighted by molar-refractivity contribution is 0.513. The maximum absolute atomic E-state index is 4.48. The molecule has 0 atom stereocenters. The number of nitrogens with one attached hydrogen (secondary N) is 1. The highest BCUT2D eigenvalue weighted by Crippen LogP contribution is 2.40. The van der Waals surface area contributed by atoms with Gasteiger partial charge in [-0.3, -0.25) is 0 Å². The summed E-state index contributed by atoms with van der Waals surface area (Å²) < 4.78 is 2.30. The van der Waals surface area contributed by atoms with E-state index in [1.807, 2.05) is 6.33 Å². The Morgan fingerprint density at radius 3 is 3.25 bits per heavy atom. The van der Waals surface area contributed by atoms with Gasteiger partial charge in [-0.1, -0.05) is 0 Å². The van der Waals surface area contributed by atoms with Crippen molar-refractivity contribution in [3.8, 4) is 0 Å². The second kappa shape index (κ2) is 2.33. The standard InChI is InChI=1S/C9H13N3/c1-2-7(1)9-8-5-10-3-4-12(8)6-11-9/h6-7,10H,1-5H2. The maximum atomic E-state index is 4.48. The van der Waals surface area contributed by atoms with Gasteiger partial charge in [0, 0.05) is 25.6 Å². The van der Waals surface area contributed by atoms with Crippen LogP contribution in [0.5, 0.6) is 0 Å². The van der Waals surface area contributed by atoms with Gasteiger partial charge in [-0.15, -0.1) is 0 Å². The van der Waals surface area contributed by atoms with Crippen LogP contribution >= 0.6 is 0 Å². The largest absolute Gasteiger partial charge is 0.332 e. The van der Waals surface area contributed by atoms with E-state index in [1.54, 1.807) is 0 Å². The molecule has 0 aromatic carbocycles. The van der Waals surface area contributed by atoms with Crippen LogP contribution in [0.3, 0.4) is 0 Å². The summed E-state index contributed by atoms with van der Waals surface area (Å²) >= 11 is 0. The zero-order valence-electron chi connectivity index (χ0n) is 7.08. The minimum Gasteiger partial charge on any atom is -0.332 e. The van der Waals surface area contributed by atoms with E-state index < -0.39 is 0 Å². The van der Waals surface area contributed by atoms with Gasteiger partial charge in [0.25, 0.3) is 0 Å². The summed E-state index contributed by atoms with van der Waals surface area (Å²) in [6.07, 6.45) is 4.71. The van der Waals surface area contributed by atoms with Crippen molar-refractivity contribution in [2.24, 2.45) is 0 Å². The highest BCUT2D eigenvalue weighted by atomic mass is 15.1. The van der Waals surface area contributed by atoms with Crippen molar-refractivity contribution in [2.75, 3.05) is 6.54 Å². The topological polar surface area (TPSA) is 29.9 Å². The number of rotatable bonds is 1. The SMILES string of the molecule is c1nc(C2CC2)c2n1CCNC2. The Kier molecular flexibility index (Phi) is 1.29. The van der Waals surface area contributed by atoms with Crippen LogP contribution in [0, 0.1) is 0 Å². The number of fused-ring (bicyclic) bond motifs is 1. The number of hydrogen-bond donors (Lipinski definition) is 1. The smallest absolute Gasteiger partial charge is 0.0952 e. The van der Waals surface area contributed by atoms with Crippen molar-refractivity contribution in [1.82, 2.24) is 14.9 Å². The fourth-order valence-corrected chi connectivity index (χ4v) is 1.91. The van der Waals surface area contributed by atoms with Crippen LogP contribution in [0.2, 0.25) is 0 Å². The lowest BCUT2D eigenvalue weighted by Crippen LogP contribution is -2.27. The van der Waals surface area contributed by atoms with E-state index in [9.17, 15) is 0 Å². The minimum absolute atomic E-state index is 0.793. The Labute approximate surface area is 71.8 Å². The first-order valence-electron chi connectivity index (χ1n) is 4.70. The van der Waals surface area contributed by atoms with Gasteiger partial charge in [0.2, 0.25) is 0 Å². The van der Waals surface area contributed by atoms with Crippen molar-refractivity contribution in [3.05, 3.63) is 17.7 Å². The van der Waals surface area contributed by atoms with Gasteiger partial charge < -0.3 is 9.88 Å². The zero-order valence-corrected chi connectivity index (χ0v) is 7.08. The van der Waals surface area contributed by atoms with Gasteiger partial charge >= 0.3 is 0 Å². The summed E-state index contributed by atoms with van der Waals surface area (Å²) in [6.45, 7) is 3.20. The van der Waals surface area contributed by atoms with Crippen LogP contribution in [-0.4, -0.2) is 16.1 Å². The third kappa shape index (κ3) is 0.894. The third-order valence-electron chi connectivity index (χ3n) is 2.76. The van der Waals surface area contributed by atoms with Crippen LogP contribution in [0.1, 0.15) is 30.1 Å². The second-order valence-electron chi connectivity index (χ2n) is 3.72. The molecule has 2 heterocycles. The molecule has 0 radical (unpaired) electrons. The van der Waals surface area contributed by atoms with E-state index >= 15 is 0 Å². The molecule has 0 bridgehead atoms. The molecule has 2 aliphatic rings. The molecule has 12 heavy (non-hydrogen) atoms. The second-order valence-corrected chi connectivity index (χ2v) is 3.72. The first-order valence-corrected chi connectivity index (χ1v) is 4.70. The Bertz CT molecular complexity index is 299. The molecule has 0 amide bonds. The van der Waals surface area contributed by atoms with E-state index in [4.69, 9.17) is 0 Å². The van der Waals surface area contributed by atoms with E-state index in [2.05, 4.69) is 14.9 Å². The van der Waals surface area contributed by atoms with Crippen LogP contribution in [0.25, 0.3) is 0 Å². The van der Waals surface area contributed by atoms with Gasteiger partial charge in [-0.2, -0.15) is 0 Å². The number of hydrogen-bond acceptors (Lipinski definition) is 2. The van der Waals surface area contributed by atoms with Crippen LogP contribution in [0.4, 0.5) is 0 Å². The fourth-order valence-electron chi connectivity index (χ4n) is 1.91. The highest BCUT2D eigenvalue weighted by molar-refractivity contribution is 5.22. The van der Waals surface area contributed by atoms with Crippen molar-refractivity contribution < 1.29 is 0 Å². The summed E-state index contributed by atoms with van der Waals surface area (Å²) in [7, 11) is 0. The molecule has 64 valence electrons. The molecule has 1 aromatic heterocycles. The molecule has 0 spiro atoms. The summed E-state index contributed by atoms with van der Waals surface area (Å²) in [6, 6.07) is 0. The van der Waals surface area contributed by atoms with Crippen molar-refractivity contribution in [2.45, 2.75) is 31.8 Å². The molecule has 1 aromatic rings. The van der Waals surface area contributed by atoms with Crippen LogP contribution in [-0.2, 0) is 13.1 Å². The molecule has 1 saturated carbocycles. The Hall–Kier alpha value is -0.830. The van der Waals surface area contributed by atoms with E-state index in [0.29, 0.717) is 0 Å². The Morgan fingerprint density at radius 1 is 1.50 bits per heavy atom. The Balaban J connectivity index is 2.03. The van der Waals surface area contributed by atoms with Gasteiger partial charge in [0.1, 0.15) is 0 Å². The first kappa shape index (κ1) is 6.66. The highest BCUT2D eigenvalue weighted by Gasteiger charge is 2.29. The summed E-state index contributed by atoms with van der Waals surface area (Å²) in [5.74, 6) is 0.793. The molecule has 0 unspecified atom stereocenters. The van der Waals surface area contributed by atoms with Gasteiger partial charge in [0.05, 0.1) is 17.7 Å². The van der Waals surface area contributed by atoms with Crippen molar-refractivity contribution in [3.63, 3.8) is 0 Å². The molecule has 1 fully saturated rings. The molecular formula is C9H13N3. The average molecular weight is 163 g/mol. The zero-order chi connectivity index (χ0) is 7.97. The number of aromatic nitrogens is 2. The van der Waals surface area contributed by atoms with E-state index in [0.717, 1.165) is 25.6 Å². The molecule has 3 heteroatoms. The monoisotopic (exact) mass is 163 g/mol. The van der Waals surface area contributed by atoms with Gasteiger partial charge in [0.15, 0.2) is 0 Å². The average Bonchev–Trinajstić information content (AvgIpc) is 2.86. The fraction of sp³-hybridized carbons (Fsp3) is 0.667. The quantitative estimate of drug-likeness (QED) is 0.665. The predicted molar refractivity (Wildman–Crippen MR) is 45.9 cm³/mol.